The van der Waals surface area contributed by atoms with E-state index in [9.17, 15) is 8.42 Å². The van der Waals surface area contributed by atoms with Gasteiger partial charge in [0.05, 0.1) is 13.4 Å². The van der Waals surface area contributed by atoms with Gasteiger partial charge in [0.2, 0.25) is 10.0 Å². The predicted octanol–water partition coefficient (Wildman–Crippen LogP) is 1.38. The van der Waals surface area contributed by atoms with Gasteiger partial charge in [-0.25, -0.2) is 8.42 Å². The average Bonchev–Trinajstić information content (AvgIpc) is 2.01. The maximum absolute atomic E-state index is 10.9. The molecule has 1 N–H and O–H groups in total. The number of hydrogen-bond donors (Lipinski definition) is 1. The van der Waals surface area contributed by atoms with Crippen molar-refractivity contribution in [2.75, 3.05) is 18.1 Å². The lowest BCUT2D eigenvalue weighted by molar-refractivity contribution is 0.412. The van der Waals surface area contributed by atoms with E-state index in [1.807, 2.05) is 6.92 Å². The molecule has 0 bridgehead atoms. The fourth-order valence-corrected chi connectivity index (χ4v) is 1.71. The summed E-state index contributed by atoms with van der Waals surface area (Å²) in [6.07, 6.45) is 1.12. The van der Waals surface area contributed by atoms with Crippen LogP contribution in [-0.2, 0) is 10.0 Å². The Morgan fingerprint density at radius 1 is 1.36 bits per heavy atom. The van der Waals surface area contributed by atoms with E-state index in [1.165, 1.54) is 0 Å². The van der Waals surface area contributed by atoms with Crippen LogP contribution in [0.4, 0.5) is 5.69 Å². The Balaban J connectivity index is 2.98. The second-order valence-corrected chi connectivity index (χ2v) is 4.81. The largest absolute Gasteiger partial charge is 0.496 e. The third kappa shape index (κ3) is 2.92. The standard InChI is InChI=1S/C9H13NO3S/c1-7-6-8(10-14(3,11)12)4-5-9(7)13-2/h4-6,10H,1-3H3. The van der Waals surface area contributed by atoms with E-state index in [0.29, 0.717) is 5.69 Å². The Hall–Kier alpha value is -1.23. The molecule has 1 aromatic carbocycles. The van der Waals surface area contributed by atoms with Gasteiger partial charge in [-0.3, -0.25) is 4.72 Å². The molecule has 0 amide bonds. The van der Waals surface area contributed by atoms with Crippen molar-refractivity contribution in [1.29, 1.82) is 0 Å². The zero-order valence-electron chi connectivity index (χ0n) is 8.37. The number of rotatable bonds is 3. The Kier molecular flexibility index (Phi) is 3.00. The van der Waals surface area contributed by atoms with Gasteiger partial charge in [-0.1, -0.05) is 0 Å². The van der Waals surface area contributed by atoms with E-state index >= 15 is 0 Å². The van der Waals surface area contributed by atoms with Gasteiger partial charge in [0, 0.05) is 5.69 Å². The van der Waals surface area contributed by atoms with Crippen LogP contribution in [0.1, 0.15) is 5.56 Å². The summed E-state index contributed by atoms with van der Waals surface area (Å²) in [6.45, 7) is 1.85. The Labute approximate surface area is 84.0 Å². The number of ether oxygens (including phenoxy) is 1. The van der Waals surface area contributed by atoms with Gasteiger partial charge in [-0.05, 0) is 30.7 Å². The number of aryl methyl sites for hydroxylation is 1. The van der Waals surface area contributed by atoms with Crippen LogP contribution in [0.3, 0.4) is 0 Å². The first-order valence-electron chi connectivity index (χ1n) is 4.05. The monoisotopic (exact) mass is 215 g/mol. The molecule has 0 aromatic heterocycles. The summed E-state index contributed by atoms with van der Waals surface area (Å²) >= 11 is 0. The lowest BCUT2D eigenvalue weighted by atomic mass is 10.2. The highest BCUT2D eigenvalue weighted by molar-refractivity contribution is 7.92. The molecule has 0 fully saturated rings. The van der Waals surface area contributed by atoms with Crippen LogP contribution in [0.2, 0.25) is 0 Å². The van der Waals surface area contributed by atoms with Crippen molar-refractivity contribution in [3.8, 4) is 5.75 Å². The molecule has 0 aliphatic rings. The van der Waals surface area contributed by atoms with Gasteiger partial charge in [0.1, 0.15) is 5.75 Å². The van der Waals surface area contributed by atoms with Gasteiger partial charge < -0.3 is 4.74 Å². The number of hydrogen-bond acceptors (Lipinski definition) is 3. The molecule has 0 atom stereocenters. The summed E-state index contributed by atoms with van der Waals surface area (Å²) in [4.78, 5) is 0. The number of benzene rings is 1. The lowest BCUT2D eigenvalue weighted by Crippen LogP contribution is -2.09. The van der Waals surface area contributed by atoms with Crippen LogP contribution in [0, 0.1) is 6.92 Å². The first-order chi connectivity index (χ1) is 6.42. The van der Waals surface area contributed by atoms with Crippen LogP contribution in [-0.4, -0.2) is 21.8 Å². The normalized spacial score (nSPS) is 11.1. The Morgan fingerprint density at radius 2 is 2.00 bits per heavy atom. The highest BCUT2D eigenvalue weighted by atomic mass is 32.2. The molecule has 4 nitrogen and oxygen atoms in total. The van der Waals surface area contributed by atoms with Crippen molar-refractivity contribution in [3.05, 3.63) is 23.8 Å². The third-order valence-corrected chi connectivity index (χ3v) is 2.30. The molecule has 0 radical (unpaired) electrons. The fourth-order valence-electron chi connectivity index (χ4n) is 1.16. The van der Waals surface area contributed by atoms with Crippen molar-refractivity contribution in [2.24, 2.45) is 0 Å². The molecule has 0 aliphatic carbocycles. The van der Waals surface area contributed by atoms with Crippen molar-refractivity contribution < 1.29 is 13.2 Å². The first kappa shape index (κ1) is 10.8. The minimum Gasteiger partial charge on any atom is -0.496 e. The first-order valence-corrected chi connectivity index (χ1v) is 5.94. The predicted molar refractivity (Wildman–Crippen MR) is 56.2 cm³/mol. The molecule has 5 heteroatoms. The number of sulfonamides is 1. The quantitative estimate of drug-likeness (QED) is 0.828. The SMILES string of the molecule is COc1ccc(NS(C)(=O)=O)cc1C. The lowest BCUT2D eigenvalue weighted by Gasteiger charge is -2.07. The summed E-state index contributed by atoms with van der Waals surface area (Å²) in [7, 11) is -1.63. The van der Waals surface area contributed by atoms with Crippen LogP contribution in [0.25, 0.3) is 0 Å². The van der Waals surface area contributed by atoms with Gasteiger partial charge >= 0.3 is 0 Å². The maximum atomic E-state index is 10.9. The van der Waals surface area contributed by atoms with Gasteiger partial charge in [0.25, 0.3) is 0 Å². The highest BCUT2D eigenvalue weighted by Gasteiger charge is 2.03. The van der Waals surface area contributed by atoms with E-state index in [-0.39, 0.29) is 0 Å². The van der Waals surface area contributed by atoms with E-state index in [2.05, 4.69) is 4.72 Å². The molecule has 0 saturated carbocycles. The molecule has 14 heavy (non-hydrogen) atoms. The molecule has 78 valence electrons. The summed E-state index contributed by atoms with van der Waals surface area (Å²) in [5.41, 5.74) is 1.44. The second-order valence-electron chi connectivity index (χ2n) is 3.06. The topological polar surface area (TPSA) is 55.4 Å². The average molecular weight is 215 g/mol. The Bertz CT molecular complexity index is 426. The molecule has 0 aliphatic heterocycles. The Morgan fingerprint density at radius 3 is 2.43 bits per heavy atom. The second kappa shape index (κ2) is 3.88. The zero-order valence-corrected chi connectivity index (χ0v) is 9.18. The summed E-state index contributed by atoms with van der Waals surface area (Å²) in [5.74, 6) is 0.740. The van der Waals surface area contributed by atoms with Gasteiger partial charge in [0.15, 0.2) is 0 Å². The van der Waals surface area contributed by atoms with Crippen LogP contribution in [0.15, 0.2) is 18.2 Å². The minimum absolute atomic E-state index is 0.547. The summed E-state index contributed by atoms with van der Waals surface area (Å²) in [5, 5.41) is 0. The van der Waals surface area contributed by atoms with Gasteiger partial charge in [-0.15, -0.1) is 0 Å². The van der Waals surface area contributed by atoms with E-state index < -0.39 is 10.0 Å². The fraction of sp³-hybridized carbons (Fsp3) is 0.333. The van der Waals surface area contributed by atoms with Gasteiger partial charge in [-0.2, -0.15) is 0 Å². The highest BCUT2D eigenvalue weighted by Crippen LogP contribution is 2.21. The summed E-state index contributed by atoms with van der Waals surface area (Å²) in [6, 6.07) is 5.11. The van der Waals surface area contributed by atoms with Crippen LogP contribution < -0.4 is 9.46 Å². The molecule has 0 unspecified atom stereocenters. The minimum atomic E-state index is -3.20. The molecule has 1 aromatic rings. The molecule has 0 spiro atoms. The van der Waals surface area contributed by atoms with Crippen LogP contribution in [0.5, 0.6) is 5.75 Å². The van der Waals surface area contributed by atoms with Crippen molar-refractivity contribution >= 4 is 15.7 Å². The van der Waals surface area contributed by atoms with Crippen molar-refractivity contribution in [2.45, 2.75) is 6.92 Å². The van der Waals surface area contributed by atoms with Crippen molar-refractivity contribution in [3.63, 3.8) is 0 Å². The van der Waals surface area contributed by atoms with E-state index in [1.54, 1.807) is 25.3 Å². The summed E-state index contributed by atoms with van der Waals surface area (Å²) < 4.78 is 29.3. The molecular weight excluding hydrogens is 202 g/mol. The van der Waals surface area contributed by atoms with E-state index in [4.69, 9.17) is 4.74 Å². The number of anilines is 1. The van der Waals surface area contributed by atoms with Crippen molar-refractivity contribution in [1.82, 2.24) is 0 Å². The molecular formula is C9H13NO3S. The van der Waals surface area contributed by atoms with Crippen LogP contribution >= 0.6 is 0 Å². The number of methoxy groups -OCH3 is 1. The molecule has 1 rings (SSSR count). The maximum Gasteiger partial charge on any atom is 0.229 e. The molecule has 0 heterocycles. The smallest absolute Gasteiger partial charge is 0.229 e. The molecule has 0 saturated heterocycles. The third-order valence-electron chi connectivity index (χ3n) is 1.70. The number of nitrogens with one attached hydrogen (secondary N) is 1. The zero-order chi connectivity index (χ0) is 10.8. The van der Waals surface area contributed by atoms with E-state index in [0.717, 1.165) is 17.6 Å².